The summed E-state index contributed by atoms with van der Waals surface area (Å²) in [5, 5.41) is 12.5. The highest BCUT2D eigenvalue weighted by Gasteiger charge is 2.27. The number of hydrogen-bond donors (Lipinski definition) is 1. The maximum absolute atomic E-state index is 4.88. The molecule has 1 aromatic carbocycles. The summed E-state index contributed by atoms with van der Waals surface area (Å²) < 4.78 is 5.05. The number of hydrogen-bond acceptors (Lipinski definition) is 5. The fraction of sp³-hybridized carbons (Fsp3) is 0.238. The van der Waals surface area contributed by atoms with E-state index in [9.17, 15) is 0 Å². The number of nitrogens with one attached hydrogen (secondary N) is 1. The quantitative estimate of drug-likeness (QED) is 0.428. The lowest BCUT2D eigenvalue weighted by Gasteiger charge is -2.16. The van der Waals surface area contributed by atoms with Crippen molar-refractivity contribution in [1.29, 1.82) is 0 Å². The first-order valence-electron chi connectivity index (χ1n) is 9.61. The van der Waals surface area contributed by atoms with Crippen molar-refractivity contribution in [2.24, 2.45) is 7.05 Å². The Morgan fingerprint density at radius 3 is 2.69 bits per heavy atom. The van der Waals surface area contributed by atoms with Crippen molar-refractivity contribution in [3.8, 4) is 22.5 Å². The van der Waals surface area contributed by atoms with Crippen molar-refractivity contribution in [2.75, 3.05) is 5.32 Å². The molecule has 1 aliphatic carbocycles. The van der Waals surface area contributed by atoms with Crippen LogP contribution in [0.1, 0.15) is 18.2 Å². The Labute approximate surface area is 182 Å². The van der Waals surface area contributed by atoms with Gasteiger partial charge in [0.1, 0.15) is 0 Å². The summed E-state index contributed by atoms with van der Waals surface area (Å²) in [6.07, 6.45) is 5.66. The van der Waals surface area contributed by atoms with Gasteiger partial charge in [-0.2, -0.15) is 10.2 Å². The maximum Gasteiger partial charge on any atom is 0.228 e. The van der Waals surface area contributed by atoms with Gasteiger partial charge in [-0.25, -0.2) is 9.97 Å². The van der Waals surface area contributed by atoms with Crippen molar-refractivity contribution in [3.05, 3.63) is 57.6 Å². The van der Waals surface area contributed by atoms with E-state index in [0.717, 1.165) is 59.0 Å². The zero-order valence-corrected chi connectivity index (χ0v) is 18.4. The Morgan fingerprint density at radius 2 is 1.93 bits per heavy atom. The topological polar surface area (TPSA) is 73.5 Å². The second-order valence-electron chi connectivity index (χ2n) is 7.05. The lowest BCUT2D eigenvalue weighted by molar-refractivity contribution is 0.662. The van der Waals surface area contributed by atoms with E-state index in [2.05, 4.69) is 69.2 Å². The first-order valence-corrected chi connectivity index (χ1v) is 10.7. The van der Waals surface area contributed by atoms with E-state index in [0.29, 0.717) is 5.95 Å². The molecule has 0 saturated heterocycles. The molecule has 5 rings (SSSR count). The van der Waals surface area contributed by atoms with Crippen molar-refractivity contribution in [1.82, 2.24) is 29.5 Å². The van der Waals surface area contributed by atoms with Gasteiger partial charge in [-0.05, 0) is 60.1 Å². The molecule has 0 aliphatic heterocycles. The third-order valence-electron chi connectivity index (χ3n) is 5.17. The van der Waals surface area contributed by atoms with Crippen LogP contribution in [0.5, 0.6) is 0 Å². The number of fused-ring (bicyclic) bond motifs is 3. The van der Waals surface area contributed by atoms with Crippen LogP contribution in [-0.4, -0.2) is 29.5 Å². The molecule has 0 atom stereocenters. The molecule has 0 unspecified atom stereocenters. The minimum Gasteiger partial charge on any atom is -0.307 e. The smallest absolute Gasteiger partial charge is 0.228 e. The molecule has 0 saturated carbocycles. The Bertz CT molecular complexity index is 1190. The first kappa shape index (κ1) is 18.3. The molecule has 3 heterocycles. The van der Waals surface area contributed by atoms with Gasteiger partial charge in [0, 0.05) is 46.7 Å². The summed E-state index contributed by atoms with van der Waals surface area (Å²) in [7, 11) is 2.00. The van der Waals surface area contributed by atoms with E-state index in [4.69, 9.17) is 10.1 Å². The Kier molecular flexibility index (Phi) is 4.57. The van der Waals surface area contributed by atoms with Crippen LogP contribution >= 0.6 is 22.6 Å². The molecule has 3 aromatic heterocycles. The lowest BCUT2D eigenvalue weighted by Crippen LogP contribution is -2.08. The molecular weight excluding hydrogens is 477 g/mol. The van der Waals surface area contributed by atoms with Crippen LogP contribution in [0.2, 0.25) is 0 Å². The molecule has 1 aliphatic rings. The highest BCUT2D eigenvalue weighted by molar-refractivity contribution is 14.1. The zero-order chi connectivity index (χ0) is 20.0. The standard InChI is InChI=1S/C21H20IN7/c1-3-29-11-10-17(27-29)24-21-23-12-14-6-9-16-18(19(14)25-21)20(28(2)26-16)13-4-7-15(22)8-5-13/h4-5,7-8,10-12H,3,6,9H2,1-2H3,(H,23,24,25,27). The Balaban J connectivity index is 1.59. The number of halogens is 1. The van der Waals surface area contributed by atoms with Gasteiger partial charge in [0.2, 0.25) is 5.95 Å². The molecule has 0 bridgehead atoms. The molecular formula is C21H20IN7. The first-order chi connectivity index (χ1) is 14.1. The second kappa shape index (κ2) is 7.25. The third-order valence-corrected chi connectivity index (χ3v) is 5.89. The molecule has 8 heteroatoms. The third kappa shape index (κ3) is 3.31. The van der Waals surface area contributed by atoms with Crippen LogP contribution in [0.15, 0.2) is 42.7 Å². The molecule has 0 spiro atoms. The van der Waals surface area contributed by atoms with Gasteiger partial charge in [0.25, 0.3) is 0 Å². The number of rotatable bonds is 4. The summed E-state index contributed by atoms with van der Waals surface area (Å²) in [5.41, 5.74) is 6.55. The van der Waals surface area contributed by atoms with E-state index in [-0.39, 0.29) is 0 Å². The highest BCUT2D eigenvalue weighted by atomic mass is 127. The predicted octanol–water partition coefficient (Wildman–Crippen LogP) is 4.21. The fourth-order valence-electron chi connectivity index (χ4n) is 3.78. The van der Waals surface area contributed by atoms with Gasteiger partial charge in [-0.1, -0.05) is 12.1 Å². The highest BCUT2D eigenvalue weighted by Crippen LogP contribution is 2.39. The van der Waals surface area contributed by atoms with Gasteiger partial charge in [0.05, 0.1) is 17.1 Å². The number of benzene rings is 1. The molecule has 1 N–H and O–H groups in total. The fourth-order valence-corrected chi connectivity index (χ4v) is 4.14. The van der Waals surface area contributed by atoms with Crippen LogP contribution in [-0.2, 0) is 26.4 Å². The second-order valence-corrected chi connectivity index (χ2v) is 8.30. The van der Waals surface area contributed by atoms with Gasteiger partial charge in [-0.15, -0.1) is 0 Å². The summed E-state index contributed by atoms with van der Waals surface area (Å²) in [5.74, 6) is 1.29. The number of aromatic nitrogens is 6. The van der Waals surface area contributed by atoms with Gasteiger partial charge >= 0.3 is 0 Å². The average molecular weight is 497 g/mol. The lowest BCUT2D eigenvalue weighted by atomic mass is 9.91. The monoisotopic (exact) mass is 497 g/mol. The Hall–Kier alpha value is -2.75. The molecule has 4 aromatic rings. The average Bonchev–Trinajstić information content (AvgIpc) is 3.32. The van der Waals surface area contributed by atoms with Crippen LogP contribution in [0.25, 0.3) is 22.5 Å². The molecule has 7 nitrogen and oxygen atoms in total. The largest absolute Gasteiger partial charge is 0.307 e. The van der Waals surface area contributed by atoms with Crippen LogP contribution < -0.4 is 5.32 Å². The van der Waals surface area contributed by atoms with E-state index in [1.165, 1.54) is 3.57 Å². The van der Waals surface area contributed by atoms with E-state index in [1.54, 1.807) is 0 Å². The number of nitrogens with zero attached hydrogens (tertiary/aromatic N) is 6. The normalized spacial score (nSPS) is 12.5. The van der Waals surface area contributed by atoms with Gasteiger partial charge in [0.15, 0.2) is 5.82 Å². The summed E-state index contributed by atoms with van der Waals surface area (Å²) in [6.45, 7) is 2.88. The number of aryl methyl sites for hydroxylation is 4. The van der Waals surface area contributed by atoms with E-state index in [1.807, 2.05) is 34.9 Å². The molecule has 0 fully saturated rings. The minimum absolute atomic E-state index is 0.551. The predicted molar refractivity (Wildman–Crippen MR) is 121 cm³/mol. The van der Waals surface area contributed by atoms with E-state index < -0.39 is 0 Å². The maximum atomic E-state index is 4.88. The van der Waals surface area contributed by atoms with Crippen molar-refractivity contribution < 1.29 is 0 Å². The molecule has 146 valence electrons. The van der Waals surface area contributed by atoms with Crippen LogP contribution in [0.4, 0.5) is 11.8 Å². The summed E-state index contributed by atoms with van der Waals surface area (Å²) in [6, 6.07) is 10.5. The van der Waals surface area contributed by atoms with E-state index >= 15 is 0 Å². The number of anilines is 2. The Morgan fingerprint density at radius 1 is 1.10 bits per heavy atom. The molecule has 29 heavy (non-hydrogen) atoms. The van der Waals surface area contributed by atoms with Crippen molar-refractivity contribution in [3.63, 3.8) is 0 Å². The molecule has 0 radical (unpaired) electrons. The van der Waals surface area contributed by atoms with Gasteiger partial charge in [-0.3, -0.25) is 9.36 Å². The van der Waals surface area contributed by atoms with Crippen molar-refractivity contribution >= 4 is 34.4 Å². The molecule has 0 amide bonds. The summed E-state index contributed by atoms with van der Waals surface area (Å²) in [4.78, 5) is 9.39. The SMILES string of the molecule is CCn1ccc(Nc2ncc3c(n2)-c2c(nn(C)c2-c2ccc(I)cc2)CC3)n1. The van der Waals surface area contributed by atoms with Crippen LogP contribution in [0.3, 0.4) is 0 Å². The summed E-state index contributed by atoms with van der Waals surface area (Å²) >= 11 is 2.33. The van der Waals surface area contributed by atoms with Crippen LogP contribution in [0, 0.1) is 3.57 Å². The van der Waals surface area contributed by atoms with Crippen molar-refractivity contribution in [2.45, 2.75) is 26.3 Å². The minimum atomic E-state index is 0.551. The van der Waals surface area contributed by atoms with Gasteiger partial charge < -0.3 is 5.32 Å². The zero-order valence-electron chi connectivity index (χ0n) is 16.2.